The topological polar surface area (TPSA) is 66.8 Å². The fourth-order valence-electron chi connectivity index (χ4n) is 2.41. The minimum atomic E-state index is -0.236. The monoisotopic (exact) mass is 346 g/mol. The molecule has 0 spiro atoms. The molecule has 0 aliphatic carbocycles. The van der Waals surface area contributed by atoms with E-state index in [1.807, 2.05) is 19.9 Å². The fourth-order valence-corrected chi connectivity index (χ4v) is 2.41. The van der Waals surface area contributed by atoms with Gasteiger partial charge in [-0.1, -0.05) is 30.6 Å². The number of ketones is 1. The van der Waals surface area contributed by atoms with Crippen LogP contribution in [0.4, 0.5) is 0 Å². The van der Waals surface area contributed by atoms with Gasteiger partial charge in [-0.25, -0.2) is 0 Å². The standard InChI is InChI=1S/C21H30O4/c1-5-6-10-18(23)21-19(24)13-17(22)14-20(21)25-12-11-16(4)9-7-8-15(2)3/h8,11,13-14,22,24H,5-7,9-10,12H2,1-4H3/b16-11+. The Bertz CT molecular complexity index is 638. The van der Waals surface area contributed by atoms with Crippen LogP contribution in [-0.2, 0) is 0 Å². The van der Waals surface area contributed by atoms with Crippen LogP contribution in [0.2, 0.25) is 0 Å². The molecule has 0 aliphatic heterocycles. The van der Waals surface area contributed by atoms with E-state index in [0.29, 0.717) is 6.42 Å². The van der Waals surface area contributed by atoms with E-state index in [1.54, 1.807) is 0 Å². The van der Waals surface area contributed by atoms with Gasteiger partial charge in [0.2, 0.25) is 0 Å². The molecule has 1 aromatic rings. The van der Waals surface area contributed by atoms with E-state index < -0.39 is 0 Å². The van der Waals surface area contributed by atoms with Crippen LogP contribution in [0.5, 0.6) is 17.2 Å². The van der Waals surface area contributed by atoms with E-state index in [2.05, 4.69) is 19.9 Å². The summed E-state index contributed by atoms with van der Waals surface area (Å²) in [6.45, 7) is 8.48. The Labute approximate surface area is 150 Å². The summed E-state index contributed by atoms with van der Waals surface area (Å²) >= 11 is 0. The molecule has 0 heterocycles. The van der Waals surface area contributed by atoms with E-state index in [1.165, 1.54) is 23.3 Å². The fraction of sp³-hybridized carbons (Fsp3) is 0.476. The van der Waals surface area contributed by atoms with E-state index in [-0.39, 0.29) is 35.2 Å². The maximum atomic E-state index is 12.3. The van der Waals surface area contributed by atoms with Crippen LogP contribution in [0.3, 0.4) is 0 Å². The lowest BCUT2D eigenvalue weighted by atomic mass is 10.0. The number of carbonyl (C=O) groups is 1. The average molecular weight is 346 g/mol. The minimum Gasteiger partial charge on any atom is -0.508 e. The van der Waals surface area contributed by atoms with Gasteiger partial charge in [-0.15, -0.1) is 0 Å². The lowest BCUT2D eigenvalue weighted by Crippen LogP contribution is -2.05. The Balaban J connectivity index is 2.80. The number of allylic oxidation sites excluding steroid dienone is 3. The first kappa shape index (κ1) is 20.8. The molecule has 1 rings (SSSR count). The molecule has 0 saturated heterocycles. The molecular formula is C21H30O4. The molecule has 4 nitrogen and oxygen atoms in total. The van der Waals surface area contributed by atoms with Gasteiger partial charge in [0.1, 0.15) is 29.4 Å². The highest BCUT2D eigenvalue weighted by Gasteiger charge is 2.18. The lowest BCUT2D eigenvalue weighted by molar-refractivity contribution is 0.0973. The third kappa shape index (κ3) is 7.46. The number of aromatic hydroxyl groups is 2. The van der Waals surface area contributed by atoms with Crippen molar-refractivity contribution in [2.75, 3.05) is 6.61 Å². The Morgan fingerprint density at radius 2 is 1.84 bits per heavy atom. The van der Waals surface area contributed by atoms with E-state index >= 15 is 0 Å². The second-order valence-electron chi connectivity index (χ2n) is 6.55. The summed E-state index contributed by atoms with van der Waals surface area (Å²) in [5.74, 6) is -0.297. The summed E-state index contributed by atoms with van der Waals surface area (Å²) in [7, 11) is 0. The molecule has 0 aromatic heterocycles. The van der Waals surface area contributed by atoms with Crippen molar-refractivity contribution < 1.29 is 19.7 Å². The minimum absolute atomic E-state index is 0.121. The van der Waals surface area contributed by atoms with E-state index in [4.69, 9.17) is 4.74 Å². The van der Waals surface area contributed by atoms with Crippen LogP contribution < -0.4 is 4.74 Å². The smallest absolute Gasteiger partial charge is 0.170 e. The number of hydrogen-bond donors (Lipinski definition) is 2. The Morgan fingerprint density at radius 3 is 2.48 bits per heavy atom. The Morgan fingerprint density at radius 1 is 1.12 bits per heavy atom. The zero-order valence-electron chi connectivity index (χ0n) is 15.8. The first-order chi connectivity index (χ1) is 11.8. The summed E-state index contributed by atoms with van der Waals surface area (Å²) < 4.78 is 5.67. The lowest BCUT2D eigenvalue weighted by Gasteiger charge is -2.12. The van der Waals surface area contributed by atoms with Gasteiger partial charge in [-0.3, -0.25) is 4.79 Å². The number of benzene rings is 1. The van der Waals surface area contributed by atoms with Crippen molar-refractivity contribution in [3.05, 3.63) is 41.0 Å². The maximum absolute atomic E-state index is 12.3. The second kappa shape index (κ2) is 10.6. The highest BCUT2D eigenvalue weighted by molar-refractivity contribution is 6.01. The highest BCUT2D eigenvalue weighted by Crippen LogP contribution is 2.34. The summed E-state index contributed by atoms with van der Waals surface area (Å²) in [6.07, 6.45) is 8.08. The highest BCUT2D eigenvalue weighted by atomic mass is 16.5. The van der Waals surface area contributed by atoms with Gasteiger partial charge in [-0.2, -0.15) is 0 Å². The number of phenols is 2. The van der Waals surface area contributed by atoms with E-state index in [0.717, 1.165) is 25.7 Å². The predicted molar refractivity (Wildman–Crippen MR) is 102 cm³/mol. The van der Waals surface area contributed by atoms with Crippen LogP contribution in [0.1, 0.15) is 70.2 Å². The zero-order chi connectivity index (χ0) is 18.8. The SMILES string of the molecule is CCCCC(=O)c1c(O)cc(O)cc1OC/C=C(\C)CCC=C(C)C. The quantitative estimate of drug-likeness (QED) is 0.431. The van der Waals surface area contributed by atoms with Gasteiger partial charge in [-0.05, 0) is 46.1 Å². The normalized spacial score (nSPS) is 11.3. The van der Waals surface area contributed by atoms with Crippen molar-refractivity contribution in [3.63, 3.8) is 0 Å². The molecule has 0 amide bonds. The number of carbonyl (C=O) groups excluding carboxylic acids is 1. The molecule has 0 atom stereocenters. The number of rotatable bonds is 10. The van der Waals surface area contributed by atoms with Crippen LogP contribution >= 0.6 is 0 Å². The predicted octanol–water partition coefficient (Wildman–Crippen LogP) is 5.54. The molecule has 25 heavy (non-hydrogen) atoms. The first-order valence-electron chi connectivity index (χ1n) is 8.86. The van der Waals surface area contributed by atoms with Crippen molar-refractivity contribution in [2.45, 2.75) is 59.8 Å². The van der Waals surface area contributed by atoms with Gasteiger partial charge in [0.25, 0.3) is 0 Å². The van der Waals surface area contributed by atoms with Gasteiger partial charge in [0.15, 0.2) is 5.78 Å². The maximum Gasteiger partial charge on any atom is 0.170 e. The molecule has 0 saturated carbocycles. The van der Waals surface area contributed by atoms with Crippen molar-refractivity contribution in [2.24, 2.45) is 0 Å². The average Bonchev–Trinajstić information content (AvgIpc) is 2.51. The number of Topliss-reactive ketones (excluding diaryl/α,β-unsaturated/α-hetero) is 1. The van der Waals surface area contributed by atoms with Crippen LogP contribution in [0.25, 0.3) is 0 Å². The van der Waals surface area contributed by atoms with E-state index in [9.17, 15) is 15.0 Å². The molecule has 4 heteroatoms. The van der Waals surface area contributed by atoms with Crippen molar-refractivity contribution in [3.8, 4) is 17.2 Å². The molecule has 0 aliphatic rings. The van der Waals surface area contributed by atoms with Gasteiger partial charge >= 0.3 is 0 Å². The second-order valence-corrected chi connectivity index (χ2v) is 6.55. The summed E-state index contributed by atoms with van der Waals surface area (Å²) in [4.78, 5) is 12.3. The molecule has 0 radical (unpaired) electrons. The van der Waals surface area contributed by atoms with Gasteiger partial charge in [0, 0.05) is 18.6 Å². The van der Waals surface area contributed by atoms with Crippen molar-refractivity contribution >= 4 is 5.78 Å². The Kier molecular flexibility index (Phi) is 8.82. The van der Waals surface area contributed by atoms with Crippen LogP contribution in [-0.4, -0.2) is 22.6 Å². The molecule has 0 fully saturated rings. The van der Waals surface area contributed by atoms with Gasteiger partial charge in [0.05, 0.1) is 0 Å². The third-order valence-electron chi connectivity index (χ3n) is 3.86. The molecular weight excluding hydrogens is 316 g/mol. The van der Waals surface area contributed by atoms with Crippen molar-refractivity contribution in [1.82, 2.24) is 0 Å². The first-order valence-corrected chi connectivity index (χ1v) is 8.86. The largest absolute Gasteiger partial charge is 0.508 e. The molecule has 138 valence electrons. The molecule has 0 unspecified atom stereocenters. The summed E-state index contributed by atoms with van der Waals surface area (Å²) in [5.41, 5.74) is 2.65. The van der Waals surface area contributed by atoms with Crippen LogP contribution in [0.15, 0.2) is 35.4 Å². The van der Waals surface area contributed by atoms with Gasteiger partial charge < -0.3 is 14.9 Å². The molecule has 2 N–H and O–H groups in total. The summed E-state index contributed by atoms with van der Waals surface area (Å²) in [6, 6.07) is 2.55. The number of phenolic OH excluding ortho intramolecular Hbond substituents is 2. The van der Waals surface area contributed by atoms with Crippen molar-refractivity contribution in [1.29, 1.82) is 0 Å². The number of ether oxygens (including phenoxy) is 1. The third-order valence-corrected chi connectivity index (χ3v) is 3.86. The summed E-state index contributed by atoms with van der Waals surface area (Å²) in [5, 5.41) is 19.7. The van der Waals surface area contributed by atoms with Crippen LogP contribution in [0, 0.1) is 0 Å². The zero-order valence-corrected chi connectivity index (χ0v) is 15.8. The molecule has 1 aromatic carbocycles. The number of hydrogen-bond acceptors (Lipinski definition) is 4. The Hall–Kier alpha value is -2.23. The number of unbranched alkanes of at least 4 members (excludes halogenated alkanes) is 1. The molecule has 0 bridgehead atoms.